The molecule has 28 heavy (non-hydrogen) atoms. The number of halogens is 1. The zero-order valence-corrected chi connectivity index (χ0v) is 16.0. The molecule has 0 radical (unpaired) electrons. The van der Waals surface area contributed by atoms with Crippen LogP contribution in [0.2, 0.25) is 0 Å². The number of aryl methyl sites for hydroxylation is 1. The quantitative estimate of drug-likeness (QED) is 0.497. The average Bonchev–Trinajstić information content (AvgIpc) is 2.91. The number of nitro benzene ring substituents is 1. The summed E-state index contributed by atoms with van der Waals surface area (Å²) >= 11 is 1.06. The van der Waals surface area contributed by atoms with E-state index in [0.29, 0.717) is 28.1 Å². The molecule has 0 unspecified atom stereocenters. The number of carbonyl (C=O) groups excluding carboxylic acids is 1. The summed E-state index contributed by atoms with van der Waals surface area (Å²) in [6.07, 6.45) is 0. The van der Waals surface area contributed by atoms with Crippen molar-refractivity contribution in [2.75, 3.05) is 19.4 Å². The Morgan fingerprint density at radius 2 is 2.14 bits per heavy atom. The maximum atomic E-state index is 13.8. The first kappa shape index (κ1) is 19.6. The number of nitro groups is 1. The number of nitrogens with one attached hydrogen (secondary N) is 2. The lowest BCUT2D eigenvalue weighted by atomic mass is 10.2. The molecular weight excluding hydrogens is 389 g/mol. The Bertz CT molecular complexity index is 1150. The highest BCUT2D eigenvalue weighted by atomic mass is 32.1. The number of aromatic amines is 1. The van der Waals surface area contributed by atoms with Crippen LogP contribution in [0.4, 0.5) is 15.8 Å². The Morgan fingerprint density at radius 1 is 1.43 bits per heavy atom. The molecule has 3 rings (SSSR count). The Kier molecular flexibility index (Phi) is 5.21. The Morgan fingerprint density at radius 3 is 2.75 bits per heavy atom. The zero-order chi connectivity index (χ0) is 20.6. The molecule has 0 saturated carbocycles. The molecule has 2 heterocycles. The summed E-state index contributed by atoms with van der Waals surface area (Å²) in [5, 5.41) is 13.5. The molecule has 2 N–H and O–H groups in total. The fourth-order valence-corrected chi connectivity index (χ4v) is 3.80. The molecule has 0 atom stereocenters. The van der Waals surface area contributed by atoms with Crippen LogP contribution in [-0.4, -0.2) is 39.8 Å². The summed E-state index contributed by atoms with van der Waals surface area (Å²) in [4.78, 5) is 44.5. The van der Waals surface area contributed by atoms with Crippen molar-refractivity contribution in [3.8, 4) is 0 Å². The first-order chi connectivity index (χ1) is 13.2. The van der Waals surface area contributed by atoms with Crippen LogP contribution in [0.25, 0.3) is 10.2 Å². The number of hydrogen-bond donors (Lipinski definition) is 2. The third-order valence-electron chi connectivity index (χ3n) is 3.92. The molecule has 0 aliphatic carbocycles. The third-order valence-corrected chi connectivity index (χ3v) is 5.11. The van der Waals surface area contributed by atoms with Gasteiger partial charge in [-0.25, -0.2) is 4.98 Å². The van der Waals surface area contributed by atoms with Crippen molar-refractivity contribution < 1.29 is 14.1 Å². The fraction of sp³-hybridized carbons (Fsp3) is 0.235. The number of hydrogen-bond acceptors (Lipinski definition) is 7. The molecule has 0 spiro atoms. The summed E-state index contributed by atoms with van der Waals surface area (Å²) in [7, 11) is 3.68. The van der Waals surface area contributed by atoms with Gasteiger partial charge in [-0.1, -0.05) is 0 Å². The predicted octanol–water partition coefficient (Wildman–Crippen LogP) is 2.65. The third kappa shape index (κ3) is 3.75. The van der Waals surface area contributed by atoms with Crippen LogP contribution in [0, 0.1) is 22.9 Å². The van der Waals surface area contributed by atoms with Gasteiger partial charge in [0.2, 0.25) is 5.82 Å². The van der Waals surface area contributed by atoms with Crippen LogP contribution in [0.3, 0.4) is 0 Å². The number of aromatic nitrogens is 2. The molecule has 1 aromatic carbocycles. The van der Waals surface area contributed by atoms with Gasteiger partial charge >= 0.3 is 5.69 Å². The van der Waals surface area contributed by atoms with E-state index < -0.39 is 22.3 Å². The molecule has 1 amide bonds. The molecule has 11 heteroatoms. The van der Waals surface area contributed by atoms with Gasteiger partial charge in [0, 0.05) is 17.8 Å². The van der Waals surface area contributed by atoms with E-state index in [0.717, 1.165) is 23.5 Å². The molecule has 3 aromatic rings. The van der Waals surface area contributed by atoms with Gasteiger partial charge in [0.05, 0.1) is 21.7 Å². The number of anilines is 1. The normalized spacial score (nSPS) is 11.2. The Hall–Kier alpha value is -3.18. The van der Waals surface area contributed by atoms with Crippen LogP contribution in [0.1, 0.15) is 21.1 Å². The molecule has 0 saturated heterocycles. The summed E-state index contributed by atoms with van der Waals surface area (Å²) < 4.78 is 13.8. The molecule has 2 aromatic heterocycles. The molecule has 0 bridgehead atoms. The van der Waals surface area contributed by atoms with Crippen molar-refractivity contribution in [3.05, 3.63) is 60.7 Å². The van der Waals surface area contributed by atoms with Gasteiger partial charge in [0.25, 0.3) is 11.5 Å². The highest BCUT2D eigenvalue weighted by Crippen LogP contribution is 2.28. The summed E-state index contributed by atoms with van der Waals surface area (Å²) in [5.41, 5.74) is -0.485. The molecule has 0 fully saturated rings. The molecule has 0 aliphatic heterocycles. The van der Waals surface area contributed by atoms with E-state index in [9.17, 15) is 24.1 Å². The number of thiophene rings is 1. The van der Waals surface area contributed by atoms with Gasteiger partial charge in [-0.05, 0) is 32.6 Å². The molecule has 0 aliphatic rings. The maximum absolute atomic E-state index is 13.8. The standard InChI is InChI=1S/C17H16FN5O4S/c1-8-13-15(24)20-12(7-22(2)3)21-17(13)28-14(8)16(25)19-9-4-5-11(23(26)27)10(18)6-9/h4-6H,7H2,1-3H3,(H,19,25)(H,20,21,24). The topological polar surface area (TPSA) is 121 Å². The minimum Gasteiger partial charge on any atom is -0.321 e. The summed E-state index contributed by atoms with van der Waals surface area (Å²) in [6.45, 7) is 2.07. The number of nitrogens with zero attached hydrogens (tertiary/aromatic N) is 3. The maximum Gasteiger partial charge on any atom is 0.304 e. The number of fused-ring (bicyclic) bond motifs is 1. The van der Waals surface area contributed by atoms with Crippen molar-refractivity contribution >= 4 is 38.8 Å². The van der Waals surface area contributed by atoms with Gasteiger partial charge in [0.1, 0.15) is 10.7 Å². The van der Waals surface area contributed by atoms with Crippen molar-refractivity contribution in [2.24, 2.45) is 0 Å². The van der Waals surface area contributed by atoms with Crippen LogP contribution >= 0.6 is 11.3 Å². The van der Waals surface area contributed by atoms with Crippen molar-refractivity contribution in [1.82, 2.24) is 14.9 Å². The van der Waals surface area contributed by atoms with Gasteiger partial charge in [-0.3, -0.25) is 19.7 Å². The van der Waals surface area contributed by atoms with Gasteiger partial charge < -0.3 is 15.2 Å². The number of benzene rings is 1. The van der Waals surface area contributed by atoms with Crippen LogP contribution in [0.15, 0.2) is 23.0 Å². The van der Waals surface area contributed by atoms with Crippen LogP contribution in [0.5, 0.6) is 0 Å². The monoisotopic (exact) mass is 405 g/mol. The van der Waals surface area contributed by atoms with E-state index in [4.69, 9.17) is 0 Å². The first-order valence-corrected chi connectivity index (χ1v) is 8.91. The number of amides is 1. The van der Waals surface area contributed by atoms with Crippen molar-refractivity contribution in [3.63, 3.8) is 0 Å². The largest absolute Gasteiger partial charge is 0.321 e. The van der Waals surface area contributed by atoms with E-state index in [-0.39, 0.29) is 16.1 Å². The minimum atomic E-state index is -1.05. The highest BCUT2D eigenvalue weighted by molar-refractivity contribution is 7.20. The Balaban J connectivity index is 1.95. The van der Waals surface area contributed by atoms with E-state index >= 15 is 0 Å². The van der Waals surface area contributed by atoms with Crippen LogP contribution < -0.4 is 10.9 Å². The first-order valence-electron chi connectivity index (χ1n) is 8.09. The second-order valence-electron chi connectivity index (χ2n) is 6.36. The number of H-pyrrole nitrogens is 1. The summed E-state index contributed by atoms with van der Waals surface area (Å²) in [5.74, 6) is -1.13. The highest BCUT2D eigenvalue weighted by Gasteiger charge is 2.21. The van der Waals surface area contributed by atoms with E-state index in [1.165, 1.54) is 6.07 Å². The molecule has 146 valence electrons. The second kappa shape index (κ2) is 7.44. The fourth-order valence-electron chi connectivity index (χ4n) is 2.70. The SMILES string of the molecule is Cc1c(C(=O)Nc2ccc([N+](=O)[O-])c(F)c2)sc2nc(CN(C)C)[nH]c(=O)c12. The van der Waals surface area contributed by atoms with Gasteiger partial charge in [-0.15, -0.1) is 11.3 Å². The number of rotatable bonds is 5. The zero-order valence-electron chi connectivity index (χ0n) is 15.2. The lowest BCUT2D eigenvalue weighted by molar-refractivity contribution is -0.387. The predicted molar refractivity (Wildman–Crippen MR) is 103 cm³/mol. The molecular formula is C17H16FN5O4S. The van der Waals surface area contributed by atoms with E-state index in [2.05, 4.69) is 15.3 Å². The lowest BCUT2D eigenvalue weighted by Gasteiger charge is -2.07. The number of carbonyl (C=O) groups is 1. The van der Waals surface area contributed by atoms with E-state index in [1.807, 2.05) is 19.0 Å². The molecule has 9 nitrogen and oxygen atoms in total. The lowest BCUT2D eigenvalue weighted by Crippen LogP contribution is -2.18. The average molecular weight is 405 g/mol. The van der Waals surface area contributed by atoms with Gasteiger partial charge in [0.15, 0.2) is 0 Å². The van der Waals surface area contributed by atoms with Crippen molar-refractivity contribution in [2.45, 2.75) is 13.5 Å². The Labute approximate surface area is 162 Å². The smallest absolute Gasteiger partial charge is 0.304 e. The van der Waals surface area contributed by atoms with Crippen molar-refractivity contribution in [1.29, 1.82) is 0 Å². The second-order valence-corrected chi connectivity index (χ2v) is 7.36. The van der Waals surface area contributed by atoms with E-state index in [1.54, 1.807) is 6.92 Å². The van der Waals surface area contributed by atoms with Gasteiger partial charge in [-0.2, -0.15) is 4.39 Å². The summed E-state index contributed by atoms with van der Waals surface area (Å²) in [6, 6.07) is 3.09. The van der Waals surface area contributed by atoms with Crippen LogP contribution in [-0.2, 0) is 6.54 Å². The minimum absolute atomic E-state index is 0.0696.